The molecule has 1 unspecified atom stereocenters. The molecule has 1 aromatic rings. The summed E-state index contributed by atoms with van der Waals surface area (Å²) >= 11 is 0. The molecule has 5 nitrogen and oxygen atoms in total. The van der Waals surface area contributed by atoms with Gasteiger partial charge in [-0.25, -0.2) is 0 Å². The van der Waals surface area contributed by atoms with Crippen LogP contribution in [0.4, 0.5) is 5.69 Å². The van der Waals surface area contributed by atoms with Gasteiger partial charge in [0.2, 0.25) is 0 Å². The van der Waals surface area contributed by atoms with Gasteiger partial charge in [0.25, 0.3) is 5.91 Å². The lowest BCUT2D eigenvalue weighted by Crippen LogP contribution is -2.41. The van der Waals surface area contributed by atoms with Crippen LogP contribution in [0.15, 0.2) is 35.6 Å². The number of nitrogens with zero attached hydrogens (tertiary/aromatic N) is 2. The number of rotatable bonds is 5. The van der Waals surface area contributed by atoms with Crippen LogP contribution >= 0.6 is 0 Å². The first-order valence-corrected chi connectivity index (χ1v) is 9.90. The average molecular weight is 370 g/mol. The largest absolute Gasteiger partial charge is 0.503 e. The molecule has 0 bridgehead atoms. The van der Waals surface area contributed by atoms with E-state index in [4.69, 9.17) is 0 Å². The molecule has 1 atom stereocenters. The third-order valence-electron chi connectivity index (χ3n) is 5.73. The van der Waals surface area contributed by atoms with E-state index in [1.807, 2.05) is 57.1 Å². The quantitative estimate of drug-likeness (QED) is 0.851. The maximum atomic E-state index is 13.0. The summed E-state index contributed by atoms with van der Waals surface area (Å²) in [4.78, 5) is 29.6. The first-order valence-electron chi connectivity index (χ1n) is 9.90. The molecule has 1 saturated carbocycles. The van der Waals surface area contributed by atoms with Gasteiger partial charge in [0.05, 0.1) is 11.6 Å². The van der Waals surface area contributed by atoms with Crippen LogP contribution in [0.2, 0.25) is 0 Å². The van der Waals surface area contributed by atoms with Gasteiger partial charge < -0.3 is 14.9 Å². The summed E-state index contributed by atoms with van der Waals surface area (Å²) in [6, 6.07) is 7.50. The van der Waals surface area contributed by atoms with Gasteiger partial charge in [0.1, 0.15) is 0 Å². The van der Waals surface area contributed by atoms with E-state index in [1.165, 1.54) is 6.42 Å². The third-order valence-corrected chi connectivity index (χ3v) is 5.73. The van der Waals surface area contributed by atoms with Crippen LogP contribution in [-0.2, 0) is 9.59 Å². The fraction of sp³-hybridized carbons (Fsp3) is 0.545. The van der Waals surface area contributed by atoms with Gasteiger partial charge in [-0.2, -0.15) is 0 Å². The van der Waals surface area contributed by atoms with Crippen molar-refractivity contribution in [1.82, 2.24) is 4.90 Å². The van der Waals surface area contributed by atoms with Crippen molar-refractivity contribution in [2.45, 2.75) is 58.0 Å². The highest BCUT2D eigenvalue weighted by molar-refractivity contribution is 6.09. The highest BCUT2D eigenvalue weighted by Crippen LogP contribution is 2.43. The minimum atomic E-state index is -0.494. The van der Waals surface area contributed by atoms with Gasteiger partial charge in [0.15, 0.2) is 11.5 Å². The SMILES string of the molecule is CC(C)C(=O)C1=C(O)C(=O)N(C2CCCCC2)C1c1ccc(N(C)C)cc1. The van der Waals surface area contributed by atoms with Crippen LogP contribution in [-0.4, -0.2) is 41.8 Å². The molecule has 0 saturated heterocycles. The second kappa shape index (κ2) is 7.75. The molecule has 0 radical (unpaired) electrons. The van der Waals surface area contributed by atoms with Crippen LogP contribution < -0.4 is 4.90 Å². The summed E-state index contributed by atoms with van der Waals surface area (Å²) in [7, 11) is 3.95. The standard InChI is InChI=1S/C22H30N2O3/c1-14(2)20(25)18-19(15-10-12-16(13-11-15)23(3)4)24(22(27)21(18)26)17-8-6-5-7-9-17/h10-14,17,19,26H,5-9H2,1-4H3. The smallest absolute Gasteiger partial charge is 0.290 e. The molecule has 146 valence electrons. The molecule has 1 aliphatic heterocycles. The van der Waals surface area contributed by atoms with E-state index in [0.29, 0.717) is 0 Å². The fourth-order valence-electron chi connectivity index (χ4n) is 4.20. The van der Waals surface area contributed by atoms with Crippen molar-refractivity contribution in [2.24, 2.45) is 5.92 Å². The Kier molecular flexibility index (Phi) is 5.59. The molecule has 0 spiro atoms. The van der Waals surface area contributed by atoms with E-state index in [9.17, 15) is 14.7 Å². The number of ketones is 1. The molecule has 5 heteroatoms. The lowest BCUT2D eigenvalue weighted by atomic mass is 9.88. The van der Waals surface area contributed by atoms with Crippen LogP contribution in [0.5, 0.6) is 0 Å². The summed E-state index contributed by atoms with van der Waals surface area (Å²) in [5.74, 6) is -1.18. The van der Waals surface area contributed by atoms with Gasteiger partial charge in [-0.05, 0) is 30.5 Å². The third kappa shape index (κ3) is 3.60. The Bertz CT molecular complexity index is 743. The van der Waals surface area contributed by atoms with Crippen LogP contribution in [0.1, 0.15) is 57.6 Å². The van der Waals surface area contributed by atoms with E-state index in [2.05, 4.69) is 0 Å². The molecule has 1 aromatic carbocycles. The Balaban J connectivity index is 2.05. The molecule has 1 fully saturated rings. The first kappa shape index (κ1) is 19.5. The van der Waals surface area contributed by atoms with Crippen molar-refractivity contribution in [3.8, 4) is 0 Å². The second-order valence-corrected chi connectivity index (χ2v) is 8.17. The van der Waals surface area contributed by atoms with Crippen LogP contribution in [0.25, 0.3) is 0 Å². The number of hydrogen-bond acceptors (Lipinski definition) is 4. The van der Waals surface area contributed by atoms with E-state index >= 15 is 0 Å². The van der Waals surface area contributed by atoms with E-state index in [0.717, 1.165) is 36.9 Å². The zero-order chi connectivity index (χ0) is 19.7. The van der Waals surface area contributed by atoms with E-state index in [1.54, 1.807) is 4.90 Å². The first-order chi connectivity index (χ1) is 12.8. The van der Waals surface area contributed by atoms with Gasteiger partial charge in [-0.15, -0.1) is 0 Å². The maximum absolute atomic E-state index is 13.0. The maximum Gasteiger partial charge on any atom is 0.290 e. The van der Waals surface area contributed by atoms with Crippen molar-refractivity contribution in [3.63, 3.8) is 0 Å². The van der Waals surface area contributed by atoms with Crippen LogP contribution in [0.3, 0.4) is 0 Å². The molecule has 0 aromatic heterocycles. The molecular weight excluding hydrogens is 340 g/mol. The van der Waals surface area contributed by atoms with Gasteiger partial charge in [0, 0.05) is 31.7 Å². The normalized spacial score (nSPS) is 21.3. The number of aliphatic hydroxyl groups is 1. The van der Waals surface area contributed by atoms with E-state index in [-0.39, 0.29) is 29.1 Å². The minimum absolute atomic E-state index is 0.0735. The topological polar surface area (TPSA) is 60.9 Å². The zero-order valence-electron chi connectivity index (χ0n) is 16.7. The Labute approximate surface area is 161 Å². The highest BCUT2D eigenvalue weighted by atomic mass is 16.3. The number of Topliss-reactive ketones (excluding diaryl/α,β-unsaturated/α-hetero) is 1. The predicted molar refractivity (Wildman–Crippen MR) is 107 cm³/mol. The average Bonchev–Trinajstić information content (AvgIpc) is 2.93. The molecule has 1 heterocycles. The molecule has 3 rings (SSSR count). The van der Waals surface area contributed by atoms with Gasteiger partial charge >= 0.3 is 0 Å². The number of amides is 1. The Morgan fingerprint density at radius 3 is 2.22 bits per heavy atom. The molecule has 2 aliphatic rings. The zero-order valence-corrected chi connectivity index (χ0v) is 16.7. The van der Waals surface area contributed by atoms with Crippen molar-refractivity contribution in [2.75, 3.05) is 19.0 Å². The number of aliphatic hydroxyl groups excluding tert-OH is 1. The number of hydrogen-bond donors (Lipinski definition) is 1. The molecule has 1 N–H and O–H groups in total. The summed E-state index contributed by atoms with van der Waals surface area (Å²) in [5.41, 5.74) is 2.20. The van der Waals surface area contributed by atoms with E-state index < -0.39 is 11.9 Å². The molecular formula is C22H30N2O3. The number of carbonyl (C=O) groups excluding carboxylic acids is 2. The summed E-state index contributed by atoms with van der Waals surface area (Å²) < 4.78 is 0. The fourth-order valence-corrected chi connectivity index (χ4v) is 4.20. The Hall–Kier alpha value is -2.30. The van der Waals surface area contributed by atoms with Crippen molar-refractivity contribution >= 4 is 17.4 Å². The number of carbonyl (C=O) groups is 2. The molecule has 1 amide bonds. The lowest BCUT2D eigenvalue weighted by molar-refractivity contribution is -0.132. The molecule has 1 aliphatic carbocycles. The number of anilines is 1. The lowest BCUT2D eigenvalue weighted by Gasteiger charge is -2.36. The number of benzene rings is 1. The van der Waals surface area contributed by atoms with Gasteiger partial charge in [-0.1, -0.05) is 45.2 Å². The van der Waals surface area contributed by atoms with Gasteiger partial charge in [-0.3, -0.25) is 9.59 Å². The Morgan fingerprint density at radius 2 is 1.70 bits per heavy atom. The second-order valence-electron chi connectivity index (χ2n) is 8.17. The Morgan fingerprint density at radius 1 is 1.11 bits per heavy atom. The summed E-state index contributed by atoms with van der Waals surface area (Å²) in [6.45, 7) is 3.62. The minimum Gasteiger partial charge on any atom is -0.503 e. The predicted octanol–water partition coefficient (Wildman–Crippen LogP) is 4.01. The summed E-state index contributed by atoms with van der Waals surface area (Å²) in [6.07, 6.45) is 5.19. The molecule has 27 heavy (non-hydrogen) atoms. The monoisotopic (exact) mass is 370 g/mol. The van der Waals surface area contributed by atoms with Crippen molar-refractivity contribution < 1.29 is 14.7 Å². The summed E-state index contributed by atoms with van der Waals surface area (Å²) in [5, 5.41) is 10.6. The van der Waals surface area contributed by atoms with Crippen molar-refractivity contribution in [1.29, 1.82) is 0 Å². The highest BCUT2D eigenvalue weighted by Gasteiger charge is 2.46. The van der Waals surface area contributed by atoms with Crippen LogP contribution in [0, 0.1) is 5.92 Å². The van der Waals surface area contributed by atoms with Crippen molar-refractivity contribution in [3.05, 3.63) is 41.2 Å².